The number of methoxy groups -OCH3 is 1. The Kier molecular flexibility index (Phi) is 5.99. The summed E-state index contributed by atoms with van der Waals surface area (Å²) >= 11 is 1.22. The van der Waals surface area contributed by atoms with Gasteiger partial charge in [-0.3, -0.25) is 14.4 Å². The van der Waals surface area contributed by atoms with Crippen molar-refractivity contribution in [3.05, 3.63) is 56.4 Å². The van der Waals surface area contributed by atoms with Crippen molar-refractivity contribution in [1.82, 2.24) is 14.8 Å². The Hall–Kier alpha value is -2.87. The number of hydrogen-bond acceptors (Lipinski definition) is 7. The third-order valence-electron chi connectivity index (χ3n) is 4.41. The molecule has 0 saturated carbocycles. The Morgan fingerprint density at radius 1 is 1.25 bits per heavy atom. The van der Waals surface area contributed by atoms with Gasteiger partial charge in [0.05, 0.1) is 12.5 Å². The molecule has 7 nitrogen and oxygen atoms in total. The van der Waals surface area contributed by atoms with Gasteiger partial charge < -0.3 is 4.74 Å². The molecule has 28 heavy (non-hydrogen) atoms. The quantitative estimate of drug-likeness (QED) is 0.344. The molecule has 0 fully saturated rings. The lowest BCUT2D eigenvalue weighted by molar-refractivity contribution is -0.141. The summed E-state index contributed by atoms with van der Waals surface area (Å²) < 4.78 is 6.17. The topological polar surface area (TPSA) is 91.2 Å². The number of aromatic nitrogens is 3. The maximum atomic E-state index is 13.4. The number of fused-ring (bicyclic) bond motifs is 1. The average molecular weight is 399 g/mol. The van der Waals surface area contributed by atoms with Gasteiger partial charge in [0.15, 0.2) is 5.92 Å². The summed E-state index contributed by atoms with van der Waals surface area (Å²) in [6, 6.07) is 6.81. The molecule has 8 heteroatoms. The Balaban J connectivity index is 2.19. The number of thiazole rings is 1. The molecule has 3 rings (SSSR count). The van der Waals surface area contributed by atoms with Gasteiger partial charge in [0, 0.05) is 23.0 Å². The number of Topliss-reactive ketones (excluding diaryl/α,β-unsaturated/α-hetero) is 1. The van der Waals surface area contributed by atoms with E-state index in [2.05, 4.69) is 10.1 Å². The van der Waals surface area contributed by atoms with Crippen LogP contribution < -0.4 is 5.56 Å². The molecule has 0 aliphatic rings. The van der Waals surface area contributed by atoms with Crippen LogP contribution in [0.3, 0.4) is 0 Å². The molecule has 0 spiro atoms. The number of benzene rings is 1. The third-order valence-corrected chi connectivity index (χ3v) is 5.43. The molecule has 0 bridgehead atoms. The molecule has 2 aromatic heterocycles. The summed E-state index contributed by atoms with van der Waals surface area (Å²) in [7, 11) is 1.23. The van der Waals surface area contributed by atoms with Crippen LogP contribution in [0.5, 0.6) is 0 Å². The first-order valence-corrected chi connectivity index (χ1v) is 9.89. The summed E-state index contributed by atoms with van der Waals surface area (Å²) in [5.74, 6) is -2.43. The molecule has 0 aliphatic carbocycles. The lowest BCUT2D eigenvalue weighted by Crippen LogP contribution is -2.30. The minimum absolute atomic E-state index is 0.0783. The van der Waals surface area contributed by atoms with Gasteiger partial charge >= 0.3 is 5.97 Å². The fraction of sp³-hybridized carbons (Fsp3) is 0.350. The number of aryl methyl sites for hydroxylation is 2. The van der Waals surface area contributed by atoms with Crippen molar-refractivity contribution in [3.8, 4) is 0 Å². The smallest absolute Gasteiger partial charge is 0.323 e. The van der Waals surface area contributed by atoms with E-state index in [0.717, 1.165) is 12.8 Å². The maximum Gasteiger partial charge on any atom is 0.323 e. The van der Waals surface area contributed by atoms with Crippen LogP contribution in [0.15, 0.2) is 34.4 Å². The van der Waals surface area contributed by atoms with Crippen molar-refractivity contribution in [1.29, 1.82) is 0 Å². The van der Waals surface area contributed by atoms with Crippen LogP contribution in [0, 0.1) is 6.92 Å². The maximum absolute atomic E-state index is 13.4. The molecule has 2 heterocycles. The highest BCUT2D eigenvalue weighted by molar-refractivity contribution is 7.10. The fourth-order valence-corrected chi connectivity index (χ4v) is 3.84. The minimum Gasteiger partial charge on any atom is -0.468 e. The highest BCUT2D eigenvalue weighted by atomic mass is 32.1. The first-order chi connectivity index (χ1) is 13.5. The van der Waals surface area contributed by atoms with Crippen molar-refractivity contribution >= 4 is 33.9 Å². The van der Waals surface area contributed by atoms with Crippen LogP contribution in [0.2, 0.25) is 0 Å². The van der Waals surface area contributed by atoms with Gasteiger partial charge in [-0.1, -0.05) is 31.5 Å². The average Bonchev–Trinajstić information content (AvgIpc) is 3.13. The Morgan fingerprint density at radius 2 is 1.96 bits per heavy atom. The standard InChI is InChI=1S/C20H21N3O4S/c1-4-5-10-23-19(25)14-9-7-6-8-13(14)16(22-23)17(24)15(20(26)27-3)18-21-12(2)11-28-18/h6-9,11,15H,4-5,10H2,1-3H3/t15-/m1/s1. The zero-order valence-electron chi connectivity index (χ0n) is 16.0. The predicted octanol–water partition coefficient (Wildman–Crippen LogP) is 3.10. The second-order valence-corrected chi connectivity index (χ2v) is 7.31. The van der Waals surface area contributed by atoms with Gasteiger partial charge in [0.25, 0.3) is 5.56 Å². The van der Waals surface area contributed by atoms with Crippen LogP contribution in [0.1, 0.15) is 46.9 Å². The van der Waals surface area contributed by atoms with Crippen molar-refractivity contribution in [2.24, 2.45) is 0 Å². The first kappa shape index (κ1) is 19.9. The highest BCUT2D eigenvalue weighted by Crippen LogP contribution is 2.27. The Labute approximate surface area is 166 Å². The fourth-order valence-electron chi connectivity index (χ4n) is 2.96. The van der Waals surface area contributed by atoms with Gasteiger partial charge in [0.1, 0.15) is 10.7 Å². The Bertz CT molecular complexity index is 1090. The van der Waals surface area contributed by atoms with Gasteiger partial charge in [-0.2, -0.15) is 5.10 Å². The summed E-state index contributed by atoms with van der Waals surface area (Å²) in [5.41, 5.74) is 0.544. The van der Waals surface area contributed by atoms with E-state index < -0.39 is 17.7 Å². The first-order valence-electron chi connectivity index (χ1n) is 9.01. The summed E-state index contributed by atoms with van der Waals surface area (Å²) in [5, 5.41) is 7.28. The molecule has 0 saturated heterocycles. The van der Waals surface area contributed by atoms with E-state index in [1.54, 1.807) is 36.6 Å². The third kappa shape index (κ3) is 3.73. The number of carbonyl (C=O) groups excluding carboxylic acids is 2. The lowest BCUT2D eigenvalue weighted by atomic mass is 9.98. The van der Waals surface area contributed by atoms with Gasteiger partial charge in [-0.05, 0) is 19.4 Å². The van der Waals surface area contributed by atoms with E-state index in [1.165, 1.54) is 23.1 Å². The molecule has 0 N–H and O–H groups in total. The lowest BCUT2D eigenvalue weighted by Gasteiger charge is -2.14. The monoisotopic (exact) mass is 399 g/mol. The van der Waals surface area contributed by atoms with Crippen LogP contribution in [0.25, 0.3) is 10.8 Å². The number of unbranched alkanes of at least 4 members (excludes halogenated alkanes) is 1. The molecular formula is C20H21N3O4S. The predicted molar refractivity (Wildman–Crippen MR) is 107 cm³/mol. The second kappa shape index (κ2) is 8.43. The summed E-state index contributed by atoms with van der Waals surface area (Å²) in [4.78, 5) is 42.8. The summed E-state index contributed by atoms with van der Waals surface area (Å²) in [6.45, 7) is 4.20. The minimum atomic E-state index is -1.21. The van der Waals surface area contributed by atoms with E-state index in [9.17, 15) is 14.4 Å². The summed E-state index contributed by atoms with van der Waals surface area (Å²) in [6.07, 6.45) is 1.64. The second-order valence-electron chi connectivity index (χ2n) is 6.42. The van der Waals surface area contributed by atoms with Gasteiger partial charge in [0.2, 0.25) is 5.78 Å². The molecule has 146 valence electrons. The Morgan fingerprint density at radius 3 is 2.57 bits per heavy atom. The van der Waals surface area contributed by atoms with E-state index >= 15 is 0 Å². The van der Waals surface area contributed by atoms with Gasteiger partial charge in [-0.25, -0.2) is 9.67 Å². The van der Waals surface area contributed by atoms with Gasteiger partial charge in [-0.15, -0.1) is 11.3 Å². The molecule has 0 radical (unpaired) electrons. The van der Waals surface area contributed by atoms with Crippen LogP contribution in [-0.4, -0.2) is 33.6 Å². The van der Waals surface area contributed by atoms with E-state index in [1.807, 2.05) is 6.92 Å². The zero-order chi connectivity index (χ0) is 20.3. The van der Waals surface area contributed by atoms with Crippen molar-refractivity contribution in [3.63, 3.8) is 0 Å². The number of rotatable bonds is 7. The van der Waals surface area contributed by atoms with Crippen molar-refractivity contribution in [2.45, 2.75) is 39.2 Å². The number of esters is 1. The molecular weight excluding hydrogens is 378 g/mol. The van der Waals surface area contributed by atoms with Crippen LogP contribution in [-0.2, 0) is 16.1 Å². The number of ketones is 1. The van der Waals surface area contributed by atoms with Crippen LogP contribution >= 0.6 is 11.3 Å². The van der Waals surface area contributed by atoms with Crippen LogP contribution in [0.4, 0.5) is 0 Å². The molecule has 3 aromatic rings. The number of ether oxygens (including phenoxy) is 1. The highest BCUT2D eigenvalue weighted by Gasteiger charge is 2.35. The molecule has 0 unspecified atom stereocenters. The normalized spacial score (nSPS) is 12.1. The molecule has 0 aliphatic heterocycles. The number of nitrogens with zero attached hydrogens (tertiary/aromatic N) is 3. The number of hydrogen-bond donors (Lipinski definition) is 0. The molecule has 1 aromatic carbocycles. The number of carbonyl (C=O) groups is 2. The van der Waals surface area contributed by atoms with Crippen molar-refractivity contribution in [2.75, 3.05) is 7.11 Å². The van der Waals surface area contributed by atoms with Crippen molar-refractivity contribution < 1.29 is 14.3 Å². The zero-order valence-corrected chi connectivity index (χ0v) is 16.8. The van der Waals surface area contributed by atoms with E-state index in [4.69, 9.17) is 4.74 Å². The molecule has 0 amide bonds. The SMILES string of the molecule is CCCCn1nc(C(=O)[C@@H](C(=O)OC)c2nc(C)cs2)c2ccccc2c1=O. The largest absolute Gasteiger partial charge is 0.468 e. The van der Waals surface area contributed by atoms with E-state index in [-0.39, 0.29) is 11.3 Å². The van der Waals surface area contributed by atoms with E-state index in [0.29, 0.717) is 28.0 Å². The molecule has 1 atom stereocenters.